The van der Waals surface area contributed by atoms with Gasteiger partial charge in [0.25, 0.3) is 0 Å². The summed E-state index contributed by atoms with van der Waals surface area (Å²) in [6.07, 6.45) is 0. The summed E-state index contributed by atoms with van der Waals surface area (Å²) >= 11 is 3.51. The summed E-state index contributed by atoms with van der Waals surface area (Å²) in [4.78, 5) is 0. The van der Waals surface area contributed by atoms with Gasteiger partial charge >= 0.3 is 0 Å². The van der Waals surface area contributed by atoms with Gasteiger partial charge in [0.05, 0.1) is 6.61 Å². The molecule has 1 unspecified atom stereocenters. The van der Waals surface area contributed by atoms with Crippen LogP contribution in [0.2, 0.25) is 0 Å². The van der Waals surface area contributed by atoms with E-state index >= 15 is 0 Å². The number of fused-ring (bicyclic) bond motifs is 2. The third-order valence-corrected chi connectivity index (χ3v) is 4.14. The SMILES string of the molecule is CC.Cc1ccc2c(c1)C(COCC(=N)N)c1cc(Br)ccc1O2. The molecule has 0 aliphatic carbocycles. The highest BCUT2D eigenvalue weighted by Crippen LogP contribution is 2.45. The highest BCUT2D eigenvalue weighted by atomic mass is 79.9. The Morgan fingerprint density at radius 3 is 2.46 bits per heavy atom. The van der Waals surface area contributed by atoms with Crippen molar-refractivity contribution in [2.45, 2.75) is 26.7 Å². The van der Waals surface area contributed by atoms with E-state index in [-0.39, 0.29) is 18.4 Å². The Labute approximate surface area is 151 Å². The van der Waals surface area contributed by atoms with Crippen LogP contribution in [0.5, 0.6) is 11.5 Å². The van der Waals surface area contributed by atoms with Crippen molar-refractivity contribution < 1.29 is 9.47 Å². The fraction of sp³-hybridized carbons (Fsp3) is 0.316. The van der Waals surface area contributed by atoms with E-state index in [1.807, 2.05) is 38.1 Å². The molecule has 5 heteroatoms. The monoisotopic (exact) mass is 390 g/mol. The summed E-state index contributed by atoms with van der Waals surface area (Å²) in [5.74, 6) is 1.80. The van der Waals surface area contributed by atoms with Gasteiger partial charge < -0.3 is 15.2 Å². The second-order valence-corrected chi connectivity index (χ2v) is 6.33. The molecule has 24 heavy (non-hydrogen) atoms. The first-order valence-electron chi connectivity index (χ1n) is 8.03. The van der Waals surface area contributed by atoms with Crippen LogP contribution >= 0.6 is 15.9 Å². The first-order valence-corrected chi connectivity index (χ1v) is 8.82. The first kappa shape index (κ1) is 18.5. The predicted molar refractivity (Wildman–Crippen MR) is 101 cm³/mol. The number of nitrogens with one attached hydrogen (secondary N) is 1. The molecular formula is C19H23BrN2O2. The molecule has 4 nitrogen and oxygen atoms in total. The summed E-state index contributed by atoms with van der Waals surface area (Å²) in [5.41, 5.74) is 8.74. The minimum absolute atomic E-state index is 0.0333. The zero-order valence-electron chi connectivity index (χ0n) is 14.2. The van der Waals surface area contributed by atoms with Crippen LogP contribution in [0.1, 0.15) is 36.5 Å². The fourth-order valence-corrected chi connectivity index (χ4v) is 3.05. The van der Waals surface area contributed by atoms with Crippen LogP contribution in [0.15, 0.2) is 40.9 Å². The molecule has 2 aromatic carbocycles. The first-order chi connectivity index (χ1) is 11.5. The number of aryl methyl sites for hydroxylation is 1. The van der Waals surface area contributed by atoms with Gasteiger partial charge in [0.1, 0.15) is 23.9 Å². The van der Waals surface area contributed by atoms with Crippen molar-refractivity contribution in [3.63, 3.8) is 0 Å². The van der Waals surface area contributed by atoms with E-state index in [4.69, 9.17) is 20.6 Å². The Bertz CT molecular complexity index is 680. The van der Waals surface area contributed by atoms with Gasteiger partial charge in [-0.25, -0.2) is 0 Å². The van der Waals surface area contributed by atoms with Crippen LogP contribution < -0.4 is 10.5 Å². The molecular weight excluding hydrogens is 368 g/mol. The number of halogens is 1. The molecule has 128 valence electrons. The van der Waals surface area contributed by atoms with Crippen molar-refractivity contribution in [1.82, 2.24) is 0 Å². The maximum absolute atomic E-state index is 7.29. The molecule has 3 rings (SSSR count). The number of hydrogen-bond acceptors (Lipinski definition) is 3. The molecule has 3 N–H and O–H groups in total. The fourth-order valence-electron chi connectivity index (χ4n) is 2.67. The van der Waals surface area contributed by atoms with E-state index in [2.05, 4.69) is 35.0 Å². The molecule has 2 aromatic rings. The number of nitrogens with two attached hydrogens (primary N) is 1. The van der Waals surface area contributed by atoms with Crippen LogP contribution in [-0.2, 0) is 4.74 Å². The Hall–Kier alpha value is -1.85. The molecule has 1 aliphatic heterocycles. The molecule has 0 saturated heterocycles. The van der Waals surface area contributed by atoms with Crippen molar-refractivity contribution in [2.24, 2.45) is 5.73 Å². The maximum atomic E-state index is 7.29. The van der Waals surface area contributed by atoms with Crippen molar-refractivity contribution >= 4 is 21.8 Å². The smallest absolute Gasteiger partial charge is 0.131 e. The lowest BCUT2D eigenvalue weighted by atomic mass is 9.88. The molecule has 0 aromatic heterocycles. The third-order valence-electron chi connectivity index (χ3n) is 3.65. The number of rotatable bonds is 4. The Kier molecular flexibility index (Phi) is 6.40. The van der Waals surface area contributed by atoms with Crippen LogP contribution in [-0.4, -0.2) is 19.0 Å². The molecule has 1 aliphatic rings. The average Bonchev–Trinajstić information content (AvgIpc) is 2.56. The molecule has 1 atom stereocenters. The quantitative estimate of drug-likeness (QED) is 0.571. The summed E-state index contributed by atoms with van der Waals surface area (Å²) in [6, 6.07) is 12.1. The lowest BCUT2D eigenvalue weighted by molar-refractivity contribution is 0.159. The van der Waals surface area contributed by atoms with E-state index < -0.39 is 0 Å². The lowest BCUT2D eigenvalue weighted by Crippen LogP contribution is -2.21. The Balaban J connectivity index is 0.00000100. The Morgan fingerprint density at radius 1 is 1.17 bits per heavy atom. The van der Waals surface area contributed by atoms with Crippen molar-refractivity contribution in [3.05, 3.63) is 57.6 Å². The standard InChI is InChI=1S/C17H17BrN2O2.C2H6/c1-10-2-4-15-12(6-10)14(8-21-9-17(19)20)13-7-11(18)3-5-16(13)22-15;1-2/h2-7,14H,8-9H2,1H3,(H3,19,20);1-2H3. The van der Waals surface area contributed by atoms with Crippen molar-refractivity contribution in [2.75, 3.05) is 13.2 Å². The molecule has 0 fully saturated rings. The molecule has 1 heterocycles. The summed E-state index contributed by atoms with van der Waals surface area (Å²) < 4.78 is 12.6. The minimum Gasteiger partial charge on any atom is -0.457 e. The van der Waals surface area contributed by atoms with Crippen LogP contribution in [0.3, 0.4) is 0 Å². The van der Waals surface area contributed by atoms with Gasteiger partial charge in [0.15, 0.2) is 0 Å². The van der Waals surface area contributed by atoms with Gasteiger partial charge in [-0.1, -0.05) is 47.5 Å². The van der Waals surface area contributed by atoms with E-state index in [1.165, 1.54) is 5.56 Å². The third kappa shape index (κ3) is 4.16. The average molecular weight is 391 g/mol. The predicted octanol–water partition coefficient (Wildman–Crippen LogP) is 4.97. The molecule has 0 saturated carbocycles. The zero-order chi connectivity index (χ0) is 17.7. The second kappa shape index (κ2) is 8.31. The van der Waals surface area contributed by atoms with E-state index in [9.17, 15) is 0 Å². The topological polar surface area (TPSA) is 68.3 Å². The van der Waals surface area contributed by atoms with Crippen LogP contribution in [0, 0.1) is 12.3 Å². The van der Waals surface area contributed by atoms with Crippen LogP contribution in [0.4, 0.5) is 0 Å². The highest BCUT2D eigenvalue weighted by molar-refractivity contribution is 9.10. The zero-order valence-corrected chi connectivity index (χ0v) is 15.8. The van der Waals surface area contributed by atoms with Gasteiger partial charge in [0.2, 0.25) is 0 Å². The lowest BCUT2D eigenvalue weighted by Gasteiger charge is -2.28. The summed E-state index contributed by atoms with van der Waals surface area (Å²) in [5, 5.41) is 7.29. The second-order valence-electron chi connectivity index (χ2n) is 5.42. The molecule has 0 amide bonds. The van der Waals surface area contributed by atoms with E-state index in [0.29, 0.717) is 6.61 Å². The number of ether oxygens (including phenoxy) is 2. The van der Waals surface area contributed by atoms with E-state index in [0.717, 1.165) is 27.1 Å². The van der Waals surface area contributed by atoms with Crippen molar-refractivity contribution in [3.8, 4) is 11.5 Å². The molecule has 0 bridgehead atoms. The largest absolute Gasteiger partial charge is 0.457 e. The number of amidine groups is 1. The minimum atomic E-state index is 0.0333. The van der Waals surface area contributed by atoms with Gasteiger partial charge in [-0.15, -0.1) is 0 Å². The Morgan fingerprint density at radius 2 is 1.79 bits per heavy atom. The van der Waals surface area contributed by atoms with E-state index in [1.54, 1.807) is 0 Å². The molecule has 0 spiro atoms. The summed E-state index contributed by atoms with van der Waals surface area (Å²) in [6.45, 7) is 6.66. The van der Waals surface area contributed by atoms with Crippen LogP contribution in [0.25, 0.3) is 0 Å². The van der Waals surface area contributed by atoms with Gasteiger partial charge in [-0.2, -0.15) is 0 Å². The maximum Gasteiger partial charge on any atom is 0.131 e. The van der Waals surface area contributed by atoms with Crippen molar-refractivity contribution in [1.29, 1.82) is 5.41 Å². The summed E-state index contributed by atoms with van der Waals surface area (Å²) in [7, 11) is 0. The highest BCUT2D eigenvalue weighted by Gasteiger charge is 2.27. The number of benzene rings is 2. The number of hydrogen-bond donors (Lipinski definition) is 2. The van der Waals surface area contributed by atoms with Gasteiger partial charge in [-0.3, -0.25) is 5.41 Å². The van der Waals surface area contributed by atoms with Gasteiger partial charge in [-0.05, 0) is 31.2 Å². The normalized spacial score (nSPS) is 14.6. The van der Waals surface area contributed by atoms with Gasteiger partial charge in [0, 0.05) is 21.5 Å². The molecule has 0 radical (unpaired) electrons.